The van der Waals surface area contributed by atoms with Gasteiger partial charge in [-0.3, -0.25) is 4.79 Å². The summed E-state index contributed by atoms with van der Waals surface area (Å²) >= 11 is 3.46. The second kappa shape index (κ2) is 15.3. The molecule has 0 aliphatic heterocycles. The molecule has 4 heteroatoms. The molecule has 0 atom stereocenters. The van der Waals surface area contributed by atoms with Crippen LogP contribution < -0.4 is 5.32 Å². The highest BCUT2D eigenvalue weighted by Crippen LogP contribution is 2.10. The summed E-state index contributed by atoms with van der Waals surface area (Å²) < 4.78 is 0. The quantitative estimate of drug-likeness (QED) is 0.380. The minimum atomic E-state index is 0.223. The van der Waals surface area contributed by atoms with Crippen molar-refractivity contribution in [3.05, 3.63) is 0 Å². The van der Waals surface area contributed by atoms with Gasteiger partial charge in [-0.25, -0.2) is 0 Å². The summed E-state index contributed by atoms with van der Waals surface area (Å²) in [7, 11) is 4.11. The molecule has 0 fully saturated rings. The summed E-state index contributed by atoms with van der Waals surface area (Å²) in [4.78, 5) is 13.7. The zero-order chi connectivity index (χ0) is 15.1. The Balaban J connectivity index is 3.15. The Labute approximate surface area is 134 Å². The van der Waals surface area contributed by atoms with Gasteiger partial charge in [0, 0.05) is 18.3 Å². The molecule has 0 saturated heterocycles. The molecule has 0 aromatic rings. The van der Waals surface area contributed by atoms with Crippen molar-refractivity contribution < 1.29 is 4.79 Å². The fraction of sp³-hybridized carbons (Fsp3) is 0.938. The van der Waals surface area contributed by atoms with Crippen molar-refractivity contribution in [1.82, 2.24) is 10.2 Å². The van der Waals surface area contributed by atoms with E-state index in [1.807, 2.05) is 0 Å². The Kier molecular flexibility index (Phi) is 15.2. The lowest BCUT2D eigenvalue weighted by Gasteiger charge is -2.09. The molecule has 20 heavy (non-hydrogen) atoms. The average molecular weight is 349 g/mol. The van der Waals surface area contributed by atoms with Crippen LogP contribution in [-0.2, 0) is 4.79 Å². The molecule has 3 nitrogen and oxygen atoms in total. The van der Waals surface area contributed by atoms with Gasteiger partial charge < -0.3 is 10.2 Å². The first kappa shape index (κ1) is 19.9. The molecule has 0 spiro atoms. The maximum atomic E-state index is 11.6. The first-order chi connectivity index (χ1) is 9.66. The molecule has 0 heterocycles. The number of nitrogens with zero attached hydrogens (tertiary/aromatic N) is 1. The Morgan fingerprint density at radius 3 is 2.00 bits per heavy atom. The summed E-state index contributed by atoms with van der Waals surface area (Å²) in [6, 6.07) is 0. The number of halogens is 1. The number of unbranched alkanes of at least 4 members (excludes halogenated alkanes) is 7. The van der Waals surface area contributed by atoms with Crippen LogP contribution in [0.5, 0.6) is 0 Å². The van der Waals surface area contributed by atoms with Crippen LogP contribution in [0.3, 0.4) is 0 Å². The molecule has 0 aromatic carbocycles. The highest BCUT2D eigenvalue weighted by atomic mass is 79.9. The second-order valence-corrected chi connectivity index (χ2v) is 6.57. The maximum Gasteiger partial charge on any atom is 0.219 e. The number of amides is 1. The van der Waals surface area contributed by atoms with E-state index >= 15 is 0 Å². The maximum absolute atomic E-state index is 11.6. The first-order valence-electron chi connectivity index (χ1n) is 8.14. The smallest absolute Gasteiger partial charge is 0.219 e. The second-order valence-electron chi connectivity index (χ2n) is 5.77. The number of hydrogen-bond acceptors (Lipinski definition) is 2. The minimum absolute atomic E-state index is 0.223. The lowest BCUT2D eigenvalue weighted by molar-refractivity contribution is -0.121. The molecule has 0 aliphatic rings. The van der Waals surface area contributed by atoms with Gasteiger partial charge in [-0.1, -0.05) is 54.5 Å². The predicted molar refractivity (Wildman–Crippen MR) is 91.5 cm³/mol. The Hall–Kier alpha value is -0.0900. The van der Waals surface area contributed by atoms with Crippen molar-refractivity contribution in [2.45, 2.75) is 64.2 Å². The van der Waals surface area contributed by atoms with Crippen molar-refractivity contribution >= 4 is 21.8 Å². The standard InChI is InChI=1S/C16H33BrN2O/c1-19(2)15-11-14-18-16(20)12-9-7-5-3-4-6-8-10-13-17/h3-15H2,1-2H3,(H,18,20). The van der Waals surface area contributed by atoms with Crippen molar-refractivity contribution in [2.24, 2.45) is 0 Å². The van der Waals surface area contributed by atoms with Gasteiger partial charge >= 0.3 is 0 Å². The van der Waals surface area contributed by atoms with E-state index in [1.165, 1.54) is 44.9 Å². The molecule has 0 unspecified atom stereocenters. The number of alkyl halides is 1. The van der Waals surface area contributed by atoms with E-state index in [9.17, 15) is 4.79 Å². The number of rotatable bonds is 14. The van der Waals surface area contributed by atoms with Crippen molar-refractivity contribution in [3.63, 3.8) is 0 Å². The number of carbonyl (C=O) groups excluding carboxylic acids is 1. The highest BCUT2D eigenvalue weighted by Gasteiger charge is 2.00. The first-order valence-corrected chi connectivity index (χ1v) is 9.26. The fourth-order valence-corrected chi connectivity index (χ4v) is 2.55. The number of nitrogens with one attached hydrogen (secondary N) is 1. The van der Waals surface area contributed by atoms with Gasteiger partial charge in [-0.15, -0.1) is 0 Å². The summed E-state index contributed by atoms with van der Waals surface area (Å²) in [5.74, 6) is 0.223. The molecule has 0 radical (unpaired) electrons. The van der Waals surface area contributed by atoms with Gasteiger partial charge in [0.1, 0.15) is 0 Å². The van der Waals surface area contributed by atoms with Crippen molar-refractivity contribution in [3.8, 4) is 0 Å². The Morgan fingerprint density at radius 2 is 1.45 bits per heavy atom. The lowest BCUT2D eigenvalue weighted by Crippen LogP contribution is -2.26. The van der Waals surface area contributed by atoms with E-state index in [4.69, 9.17) is 0 Å². The zero-order valence-electron chi connectivity index (χ0n) is 13.4. The molecule has 0 aliphatic carbocycles. The van der Waals surface area contributed by atoms with Gasteiger partial charge in [0.2, 0.25) is 5.91 Å². The fourth-order valence-electron chi connectivity index (χ4n) is 2.15. The lowest BCUT2D eigenvalue weighted by atomic mass is 10.1. The third-order valence-electron chi connectivity index (χ3n) is 3.39. The SMILES string of the molecule is CN(C)CCCNC(=O)CCCCCCCCCCBr. The van der Waals surface area contributed by atoms with E-state index in [0.717, 1.165) is 31.3 Å². The van der Waals surface area contributed by atoms with Crippen LogP contribution in [0.2, 0.25) is 0 Å². The normalized spacial score (nSPS) is 11.0. The molecular formula is C16H33BrN2O. The van der Waals surface area contributed by atoms with Crippen LogP contribution >= 0.6 is 15.9 Å². The number of carbonyl (C=O) groups is 1. The van der Waals surface area contributed by atoms with E-state index in [-0.39, 0.29) is 5.91 Å². The molecule has 1 amide bonds. The molecular weight excluding hydrogens is 316 g/mol. The highest BCUT2D eigenvalue weighted by molar-refractivity contribution is 9.09. The third-order valence-corrected chi connectivity index (χ3v) is 3.95. The monoisotopic (exact) mass is 348 g/mol. The van der Waals surface area contributed by atoms with Gasteiger partial charge in [0.25, 0.3) is 0 Å². The summed E-state index contributed by atoms with van der Waals surface area (Å²) in [5, 5.41) is 4.13. The number of hydrogen-bond donors (Lipinski definition) is 1. The summed E-state index contributed by atoms with van der Waals surface area (Å²) in [6.45, 7) is 1.85. The van der Waals surface area contributed by atoms with Crippen molar-refractivity contribution in [2.75, 3.05) is 32.5 Å². The third kappa shape index (κ3) is 16.0. The molecule has 0 bridgehead atoms. The molecule has 0 rings (SSSR count). The largest absolute Gasteiger partial charge is 0.356 e. The van der Waals surface area contributed by atoms with Crippen LogP contribution in [0.25, 0.3) is 0 Å². The molecule has 0 aromatic heterocycles. The Bertz CT molecular complexity index is 223. The van der Waals surface area contributed by atoms with Crippen molar-refractivity contribution in [1.29, 1.82) is 0 Å². The summed E-state index contributed by atoms with van der Waals surface area (Å²) in [5.41, 5.74) is 0. The van der Waals surface area contributed by atoms with E-state index in [1.54, 1.807) is 0 Å². The topological polar surface area (TPSA) is 32.3 Å². The molecule has 1 N–H and O–H groups in total. The van der Waals surface area contributed by atoms with Gasteiger partial charge in [-0.2, -0.15) is 0 Å². The van der Waals surface area contributed by atoms with Crippen LogP contribution in [0.15, 0.2) is 0 Å². The van der Waals surface area contributed by atoms with Gasteiger partial charge in [-0.05, 0) is 39.9 Å². The van der Waals surface area contributed by atoms with Crippen LogP contribution in [0, 0.1) is 0 Å². The molecule has 0 saturated carbocycles. The molecule has 120 valence electrons. The van der Waals surface area contributed by atoms with Crippen LogP contribution in [-0.4, -0.2) is 43.3 Å². The van der Waals surface area contributed by atoms with E-state index in [0.29, 0.717) is 6.42 Å². The average Bonchev–Trinajstić information content (AvgIpc) is 2.41. The summed E-state index contributed by atoms with van der Waals surface area (Å²) in [6.07, 6.45) is 11.9. The zero-order valence-corrected chi connectivity index (χ0v) is 15.0. The van der Waals surface area contributed by atoms with Gasteiger partial charge in [0.05, 0.1) is 0 Å². The van der Waals surface area contributed by atoms with E-state index in [2.05, 4.69) is 40.2 Å². The van der Waals surface area contributed by atoms with E-state index < -0.39 is 0 Å². The predicted octanol–water partition coefficient (Wildman–Crippen LogP) is 3.96. The minimum Gasteiger partial charge on any atom is -0.356 e. The Morgan fingerprint density at radius 1 is 0.900 bits per heavy atom. The van der Waals surface area contributed by atoms with Gasteiger partial charge in [0.15, 0.2) is 0 Å². The van der Waals surface area contributed by atoms with Crippen LogP contribution in [0.1, 0.15) is 64.2 Å². The van der Waals surface area contributed by atoms with Crippen LogP contribution in [0.4, 0.5) is 0 Å².